The Hall–Kier alpha value is -17.6. The molecule has 0 fully saturated rings. The minimum atomic E-state index is -0.141. The lowest BCUT2D eigenvalue weighted by Gasteiger charge is -2.22. The monoisotopic (exact) mass is 1840 g/mol. The highest BCUT2D eigenvalue weighted by Crippen LogP contribution is 2.59. The topological polar surface area (TPSA) is 101 Å². The maximum Gasteiger partial charge on any atom is 0.163 e. The van der Waals surface area contributed by atoms with Crippen LogP contribution in [-0.2, 0) is 0 Å². The van der Waals surface area contributed by atoms with Crippen molar-refractivity contribution in [1.82, 2.24) is 43.6 Å². The van der Waals surface area contributed by atoms with Crippen LogP contribution in [0.1, 0.15) is 118 Å². The third-order valence-electron chi connectivity index (χ3n) is 29.1. The van der Waals surface area contributed by atoms with Gasteiger partial charge in [-0.15, -0.1) is 0 Å². The summed E-state index contributed by atoms with van der Waals surface area (Å²) < 4.78 is 12.9. The maximum atomic E-state index is 5.70. The Morgan fingerprint density at radius 1 is 0.217 bits per heavy atom. The summed E-state index contributed by atoms with van der Waals surface area (Å²) in [5.74, 6) is 5.43. The summed E-state index contributed by atoms with van der Waals surface area (Å²) in [5.41, 5.74) is 46.5. The molecule has 24 aromatic rings. The lowest BCUT2D eigenvalue weighted by Crippen LogP contribution is -2.12. The number of fused-ring (bicyclic) bond motifs is 21. The molecule has 10 nitrogen and oxygen atoms in total. The minimum Gasteiger partial charge on any atom is -0.497 e. The summed E-state index contributed by atoms with van der Waals surface area (Å²) in [6, 6.07) is 149. The number of rotatable bonds is 13. The number of ether oxygens (including phenoxy) is 1. The number of hydrogen-bond acceptors (Lipinski definition) is 7. The van der Waals surface area contributed by atoms with E-state index in [0.717, 1.165) is 95.8 Å². The zero-order valence-electron chi connectivity index (χ0n) is 81.4. The van der Waals surface area contributed by atoms with Gasteiger partial charge >= 0.3 is 0 Å². The van der Waals surface area contributed by atoms with Crippen LogP contribution in [0, 0.1) is 62.3 Å². The van der Waals surface area contributed by atoms with E-state index in [-0.39, 0.29) is 17.8 Å². The Morgan fingerprint density at radius 3 is 1.09 bits per heavy atom. The highest BCUT2D eigenvalue weighted by molar-refractivity contribution is 6.24. The number of hydrogen-bond donors (Lipinski definition) is 0. The number of benzene rings is 18. The van der Waals surface area contributed by atoms with Crippen molar-refractivity contribution in [2.24, 2.45) is 0 Å². The molecule has 18 aromatic carbocycles. The van der Waals surface area contributed by atoms with E-state index in [0.29, 0.717) is 17.5 Å². The molecular formula is C133H101N9O. The number of aryl methyl sites for hydroxylation is 9. The fourth-order valence-corrected chi connectivity index (χ4v) is 23.2. The highest BCUT2D eigenvalue weighted by Gasteiger charge is 2.42. The van der Waals surface area contributed by atoms with Gasteiger partial charge in [0.1, 0.15) is 23.2 Å². The Balaban J connectivity index is 0.000000113. The highest BCUT2D eigenvalue weighted by atomic mass is 16.5. The lowest BCUT2D eigenvalue weighted by molar-refractivity contribution is 0.414. The molecular weight excluding hydrogens is 1740 g/mol. The molecule has 0 N–H and O–H groups in total. The summed E-state index contributed by atoms with van der Waals surface area (Å²) in [6.07, 6.45) is 0. The maximum absolute atomic E-state index is 5.70. The Kier molecular flexibility index (Phi) is 21.5. The van der Waals surface area contributed by atoms with E-state index < -0.39 is 0 Å². The van der Waals surface area contributed by atoms with Crippen LogP contribution >= 0.6 is 0 Å². The average molecular weight is 1840 g/mol. The van der Waals surface area contributed by atoms with Gasteiger partial charge in [0.25, 0.3) is 0 Å². The number of para-hydroxylation sites is 4. The van der Waals surface area contributed by atoms with Gasteiger partial charge in [-0.3, -0.25) is 9.13 Å². The van der Waals surface area contributed by atoms with E-state index in [1.807, 2.05) is 12.1 Å². The second kappa shape index (κ2) is 35.4. The molecule has 3 aliphatic rings. The van der Waals surface area contributed by atoms with Gasteiger partial charge < -0.3 is 9.30 Å². The smallest absolute Gasteiger partial charge is 0.163 e. The molecule has 10 heteroatoms. The second-order valence-corrected chi connectivity index (χ2v) is 39.0. The first-order chi connectivity index (χ1) is 70.0. The van der Waals surface area contributed by atoms with Crippen molar-refractivity contribution >= 4 is 65.4 Å². The van der Waals surface area contributed by atoms with Crippen molar-refractivity contribution in [3.05, 3.63) is 513 Å². The standard InChI is InChI=1S/C45H35N3O.C45H35N3.C43H31N3/c1-27-20-28(2)22-31(21-27)39-26-41(47-45(46-39)32-23-29(3)24-33(25-32)49-4)48-40-17-11-10-15-35(40)38-19-18-37-34-14-8-9-16-36(34)42(43(37)44(38)48)30-12-6-5-7-13-30;1-28-20-29(2)23-32(22-28)33-26-40(34-24-30(3)21-31(4)25-34)46-43(27-33)48-42-17-11-9-15-37(42)39-19-18-38-36-14-8-10-16-41(36)47(44(38)45(39)48)35-12-6-5-7-13-35;1-26-16-20-29(21-17-26)41-44-42(30-22-18-27(2)19-23-30)46-43(45-41)40-34-15-9-7-13-32(34)36-25-24-35-31-12-6-8-14-33(31)37(38(35)39(36)40)28-10-4-3-5-11-28/h5-26,42H,1-4H3;5-27H,1-4H3;3-25,37,40H,1-2H3. The molecule has 0 amide bonds. The zero-order valence-corrected chi connectivity index (χ0v) is 81.4. The molecule has 0 spiro atoms. The predicted molar refractivity (Wildman–Crippen MR) is 589 cm³/mol. The Labute approximate surface area is 832 Å². The first kappa shape index (κ1) is 86.9. The van der Waals surface area contributed by atoms with Crippen molar-refractivity contribution in [2.75, 3.05) is 7.11 Å². The van der Waals surface area contributed by atoms with Gasteiger partial charge in [-0.2, -0.15) is 0 Å². The molecule has 3 atom stereocenters. The van der Waals surface area contributed by atoms with Gasteiger partial charge in [0.05, 0.1) is 57.5 Å². The molecule has 27 rings (SSSR count). The van der Waals surface area contributed by atoms with Crippen molar-refractivity contribution in [3.63, 3.8) is 0 Å². The van der Waals surface area contributed by atoms with Gasteiger partial charge in [0, 0.05) is 83.7 Å². The molecule has 6 aromatic heterocycles. The molecule has 3 aliphatic carbocycles. The molecule has 3 unspecified atom stereocenters. The lowest BCUT2D eigenvalue weighted by atomic mass is 9.82. The quantitative estimate of drug-likeness (QED) is 0.113. The number of pyridine rings is 1. The average Bonchev–Trinajstić information content (AvgIpc) is 1.55. The molecule has 0 radical (unpaired) electrons. The van der Waals surface area contributed by atoms with E-state index in [2.05, 4.69) is 476 Å². The predicted octanol–water partition coefficient (Wildman–Crippen LogP) is 33.0. The number of methoxy groups -OCH3 is 1. The van der Waals surface area contributed by atoms with Crippen molar-refractivity contribution in [3.8, 4) is 124 Å². The molecule has 0 saturated heterocycles. The molecule has 684 valence electrons. The van der Waals surface area contributed by atoms with Crippen LogP contribution in [0.4, 0.5) is 0 Å². The third kappa shape index (κ3) is 15.3. The van der Waals surface area contributed by atoms with Crippen molar-refractivity contribution < 1.29 is 4.74 Å². The van der Waals surface area contributed by atoms with Crippen LogP contribution in [0.15, 0.2) is 413 Å². The molecule has 6 heterocycles. The van der Waals surface area contributed by atoms with Gasteiger partial charge in [-0.1, -0.05) is 366 Å². The van der Waals surface area contributed by atoms with E-state index >= 15 is 0 Å². The summed E-state index contributed by atoms with van der Waals surface area (Å²) in [6.45, 7) is 19.3. The van der Waals surface area contributed by atoms with Crippen molar-refractivity contribution in [1.29, 1.82) is 0 Å². The molecule has 0 bridgehead atoms. The van der Waals surface area contributed by atoms with Crippen LogP contribution in [0.5, 0.6) is 5.75 Å². The Bertz CT molecular complexity index is 9050. The fraction of sp³-hybridized carbons (Fsp3) is 0.0977. The van der Waals surface area contributed by atoms with Crippen LogP contribution in [0.2, 0.25) is 0 Å². The fourth-order valence-electron chi connectivity index (χ4n) is 23.2. The molecule has 0 saturated carbocycles. The first-order valence-electron chi connectivity index (χ1n) is 49.4. The van der Waals surface area contributed by atoms with Crippen LogP contribution < -0.4 is 4.74 Å². The second-order valence-electron chi connectivity index (χ2n) is 39.0. The van der Waals surface area contributed by atoms with Gasteiger partial charge in [0.2, 0.25) is 0 Å². The summed E-state index contributed by atoms with van der Waals surface area (Å²) >= 11 is 0. The van der Waals surface area contributed by atoms with E-state index in [4.69, 9.17) is 34.6 Å². The van der Waals surface area contributed by atoms with E-state index in [1.54, 1.807) is 7.11 Å². The third-order valence-corrected chi connectivity index (χ3v) is 29.1. The normalized spacial score (nSPS) is 13.6. The number of aromatic nitrogens is 9. The van der Waals surface area contributed by atoms with Gasteiger partial charge in [0.15, 0.2) is 17.5 Å². The van der Waals surface area contributed by atoms with Crippen LogP contribution in [0.25, 0.3) is 184 Å². The first-order valence-corrected chi connectivity index (χ1v) is 49.4. The summed E-state index contributed by atoms with van der Waals surface area (Å²) in [4.78, 5) is 31.8. The van der Waals surface area contributed by atoms with E-state index in [9.17, 15) is 0 Å². The van der Waals surface area contributed by atoms with Crippen LogP contribution in [-0.4, -0.2) is 50.7 Å². The largest absolute Gasteiger partial charge is 0.497 e. The van der Waals surface area contributed by atoms with Gasteiger partial charge in [-0.25, -0.2) is 29.9 Å². The number of nitrogens with zero attached hydrogens (tertiary/aromatic N) is 9. The Morgan fingerprint density at radius 2 is 0.580 bits per heavy atom. The molecule has 143 heavy (non-hydrogen) atoms. The van der Waals surface area contributed by atoms with Crippen molar-refractivity contribution in [2.45, 2.75) is 80.1 Å². The SMILES string of the molecule is COc1cc(C)cc(-c2nc(-c3cc(C)cc(C)c3)cc(-n3c4ccccc4c4ccc5c(c43)C(c3ccccc3)c3ccccc3-5)n2)c1.Cc1cc(C)cc(-c2cc(-c3cc(C)cc(C)c3)nc(-n3c4ccccc4c4ccc5c6ccccc6n(-c6ccccc6)c5c43)c2)c1.Cc1ccc(-c2nc(-c3ccc(C)cc3)nc(C3c4ccccc4-c4ccc5c(c43)C(c3ccccc3)c3ccccc3-5)n2)cc1. The minimum absolute atomic E-state index is 0.0837. The summed E-state index contributed by atoms with van der Waals surface area (Å²) in [5, 5.41) is 7.31. The molecule has 0 aliphatic heterocycles. The van der Waals surface area contributed by atoms with Gasteiger partial charge in [-0.05, 0) is 242 Å². The zero-order chi connectivity index (χ0) is 96.5. The van der Waals surface area contributed by atoms with E-state index in [1.165, 1.54) is 177 Å². The summed E-state index contributed by atoms with van der Waals surface area (Å²) in [7, 11) is 1.70. The van der Waals surface area contributed by atoms with Crippen LogP contribution in [0.3, 0.4) is 0 Å².